The van der Waals surface area contributed by atoms with E-state index >= 15 is 0 Å². The van der Waals surface area contributed by atoms with Crippen molar-refractivity contribution in [3.63, 3.8) is 0 Å². The molecule has 2 nitrogen and oxygen atoms in total. The van der Waals surface area contributed by atoms with Crippen LogP contribution in [0.15, 0.2) is 18.2 Å². The predicted molar refractivity (Wildman–Crippen MR) is 40.8 cm³/mol. The van der Waals surface area contributed by atoms with E-state index in [-0.39, 0.29) is 11.6 Å². The minimum Gasteiger partial charge on any atom is -0.482 e. The number of hydrogen-bond acceptors (Lipinski definition) is 2. The molecule has 0 aromatic heterocycles. The van der Waals surface area contributed by atoms with Crippen molar-refractivity contribution in [1.29, 1.82) is 0 Å². The van der Waals surface area contributed by atoms with Gasteiger partial charge < -0.3 is 4.74 Å². The largest absolute Gasteiger partial charge is 0.482 e. The van der Waals surface area contributed by atoms with E-state index in [0.29, 0.717) is 11.3 Å². The lowest BCUT2D eigenvalue weighted by molar-refractivity contribution is 0.0878. The average Bonchev–Trinajstić information content (AvgIpc) is 2.28. The van der Waals surface area contributed by atoms with Crippen LogP contribution in [0.5, 0.6) is 5.75 Å². The fraction of sp³-hybridized carbons (Fsp3) is 0.222. The highest BCUT2D eigenvalue weighted by Crippen LogP contribution is 2.28. The van der Waals surface area contributed by atoms with Crippen LogP contribution in [-0.2, 0) is 0 Å². The van der Waals surface area contributed by atoms with Gasteiger partial charge in [-0.3, -0.25) is 4.79 Å². The standard InChI is InChI=1S/C9H7FO2/c1-5-9(11)7-3-2-6(10)4-8(7)12-5/h2-5H,1H3/t5-/m0/s1. The summed E-state index contributed by atoms with van der Waals surface area (Å²) in [6.07, 6.45) is -0.471. The van der Waals surface area contributed by atoms with Crippen molar-refractivity contribution in [2.75, 3.05) is 0 Å². The van der Waals surface area contributed by atoms with Gasteiger partial charge in [-0.1, -0.05) is 0 Å². The van der Waals surface area contributed by atoms with Crippen LogP contribution in [0.1, 0.15) is 17.3 Å². The van der Waals surface area contributed by atoms with Gasteiger partial charge in [-0.2, -0.15) is 0 Å². The summed E-state index contributed by atoms with van der Waals surface area (Å²) in [6.45, 7) is 1.65. The minimum atomic E-state index is -0.471. The first-order valence-corrected chi connectivity index (χ1v) is 3.69. The van der Waals surface area contributed by atoms with Crippen LogP contribution in [0, 0.1) is 5.82 Å². The number of ether oxygens (including phenoxy) is 1. The highest BCUT2D eigenvalue weighted by atomic mass is 19.1. The SMILES string of the molecule is C[C@@H]1Oc2cc(F)ccc2C1=O. The summed E-state index contributed by atoms with van der Waals surface area (Å²) in [6, 6.07) is 3.95. The van der Waals surface area contributed by atoms with E-state index in [1.165, 1.54) is 18.2 Å². The molecule has 1 heterocycles. The molecule has 0 amide bonds. The van der Waals surface area contributed by atoms with Gasteiger partial charge in [-0.15, -0.1) is 0 Å². The number of rotatable bonds is 0. The van der Waals surface area contributed by atoms with Gasteiger partial charge in [0.05, 0.1) is 5.56 Å². The lowest BCUT2D eigenvalue weighted by Crippen LogP contribution is -2.14. The number of halogens is 1. The molecule has 2 rings (SSSR count). The fourth-order valence-corrected chi connectivity index (χ4v) is 1.26. The number of carbonyl (C=O) groups excluding carboxylic acids is 1. The Hall–Kier alpha value is -1.38. The van der Waals surface area contributed by atoms with Crippen molar-refractivity contribution in [3.05, 3.63) is 29.6 Å². The predicted octanol–water partition coefficient (Wildman–Crippen LogP) is 1.79. The Morgan fingerprint density at radius 2 is 2.25 bits per heavy atom. The van der Waals surface area contributed by atoms with Crippen LogP contribution in [0.2, 0.25) is 0 Å². The van der Waals surface area contributed by atoms with E-state index in [1.807, 2.05) is 0 Å². The molecule has 1 aromatic rings. The first-order chi connectivity index (χ1) is 5.68. The quantitative estimate of drug-likeness (QED) is 0.587. The molecule has 12 heavy (non-hydrogen) atoms. The van der Waals surface area contributed by atoms with E-state index in [2.05, 4.69) is 0 Å². The molecule has 3 heteroatoms. The van der Waals surface area contributed by atoms with Gasteiger partial charge in [0.2, 0.25) is 5.78 Å². The first kappa shape index (κ1) is 7.28. The van der Waals surface area contributed by atoms with Gasteiger partial charge in [0.15, 0.2) is 6.10 Å². The normalized spacial score (nSPS) is 20.5. The van der Waals surface area contributed by atoms with Crippen molar-refractivity contribution >= 4 is 5.78 Å². The molecule has 0 N–H and O–H groups in total. The summed E-state index contributed by atoms with van der Waals surface area (Å²) in [5.74, 6) is -0.104. The van der Waals surface area contributed by atoms with Crippen LogP contribution in [-0.4, -0.2) is 11.9 Å². The van der Waals surface area contributed by atoms with Gasteiger partial charge in [0, 0.05) is 6.07 Å². The Balaban J connectivity index is 2.54. The Morgan fingerprint density at radius 3 is 3.00 bits per heavy atom. The number of ketones is 1. The molecule has 0 unspecified atom stereocenters. The maximum atomic E-state index is 12.6. The van der Waals surface area contributed by atoms with Crippen LogP contribution in [0.4, 0.5) is 4.39 Å². The summed E-state index contributed by atoms with van der Waals surface area (Å²) >= 11 is 0. The summed E-state index contributed by atoms with van der Waals surface area (Å²) < 4.78 is 17.7. The molecule has 0 saturated heterocycles. The lowest BCUT2D eigenvalue weighted by atomic mass is 10.1. The number of carbonyl (C=O) groups is 1. The Bertz CT molecular complexity index is 346. The van der Waals surface area contributed by atoms with E-state index < -0.39 is 6.10 Å². The number of benzene rings is 1. The molecule has 0 aliphatic carbocycles. The topological polar surface area (TPSA) is 26.3 Å². The average molecular weight is 166 g/mol. The van der Waals surface area contributed by atoms with Crippen LogP contribution >= 0.6 is 0 Å². The Morgan fingerprint density at radius 1 is 1.50 bits per heavy atom. The monoisotopic (exact) mass is 166 g/mol. The van der Waals surface area contributed by atoms with Crippen molar-refractivity contribution in [3.8, 4) is 5.75 Å². The lowest BCUT2D eigenvalue weighted by Gasteiger charge is -1.99. The van der Waals surface area contributed by atoms with Crippen molar-refractivity contribution in [1.82, 2.24) is 0 Å². The molecular formula is C9H7FO2. The van der Waals surface area contributed by atoms with E-state index in [4.69, 9.17) is 4.74 Å². The summed E-state index contributed by atoms with van der Waals surface area (Å²) in [5.41, 5.74) is 0.476. The van der Waals surface area contributed by atoms with E-state index in [9.17, 15) is 9.18 Å². The minimum absolute atomic E-state index is 0.0787. The molecule has 0 fully saturated rings. The molecule has 1 aliphatic rings. The number of fused-ring (bicyclic) bond motifs is 1. The molecule has 0 spiro atoms. The molecule has 1 atom stereocenters. The van der Waals surface area contributed by atoms with Gasteiger partial charge in [0.25, 0.3) is 0 Å². The third kappa shape index (κ3) is 0.897. The molecule has 0 bridgehead atoms. The van der Waals surface area contributed by atoms with Crippen LogP contribution < -0.4 is 4.74 Å². The molecule has 1 aromatic carbocycles. The molecule has 0 radical (unpaired) electrons. The smallest absolute Gasteiger partial charge is 0.206 e. The van der Waals surface area contributed by atoms with Crippen molar-refractivity contribution < 1.29 is 13.9 Å². The van der Waals surface area contributed by atoms with Crippen molar-refractivity contribution in [2.45, 2.75) is 13.0 Å². The molecule has 0 saturated carbocycles. The van der Waals surface area contributed by atoms with Crippen LogP contribution in [0.25, 0.3) is 0 Å². The Kier molecular flexibility index (Phi) is 1.40. The second kappa shape index (κ2) is 2.30. The maximum Gasteiger partial charge on any atom is 0.206 e. The molecule has 1 aliphatic heterocycles. The maximum absolute atomic E-state index is 12.6. The second-order valence-electron chi connectivity index (χ2n) is 2.76. The summed E-state index contributed by atoms with van der Waals surface area (Å²) in [5, 5.41) is 0. The summed E-state index contributed by atoms with van der Waals surface area (Å²) in [7, 11) is 0. The van der Waals surface area contributed by atoms with Gasteiger partial charge >= 0.3 is 0 Å². The van der Waals surface area contributed by atoms with Gasteiger partial charge in [-0.25, -0.2) is 4.39 Å². The van der Waals surface area contributed by atoms with Crippen LogP contribution in [0.3, 0.4) is 0 Å². The third-order valence-electron chi connectivity index (χ3n) is 1.88. The molecular weight excluding hydrogens is 159 g/mol. The highest BCUT2D eigenvalue weighted by Gasteiger charge is 2.28. The third-order valence-corrected chi connectivity index (χ3v) is 1.88. The first-order valence-electron chi connectivity index (χ1n) is 3.69. The summed E-state index contributed by atoms with van der Waals surface area (Å²) in [4.78, 5) is 11.3. The Labute approximate surface area is 69.0 Å². The molecule has 62 valence electrons. The van der Waals surface area contributed by atoms with E-state index in [0.717, 1.165) is 0 Å². The van der Waals surface area contributed by atoms with Crippen molar-refractivity contribution in [2.24, 2.45) is 0 Å². The zero-order chi connectivity index (χ0) is 8.72. The zero-order valence-electron chi connectivity index (χ0n) is 6.50. The highest BCUT2D eigenvalue weighted by molar-refractivity contribution is 6.04. The fourth-order valence-electron chi connectivity index (χ4n) is 1.26. The van der Waals surface area contributed by atoms with Gasteiger partial charge in [-0.05, 0) is 19.1 Å². The zero-order valence-corrected chi connectivity index (χ0v) is 6.50. The number of hydrogen-bond donors (Lipinski definition) is 0. The second-order valence-corrected chi connectivity index (χ2v) is 2.76. The van der Waals surface area contributed by atoms with Gasteiger partial charge in [0.1, 0.15) is 11.6 Å². The number of Topliss-reactive ketones (excluding diaryl/α,β-unsaturated/α-hetero) is 1. The van der Waals surface area contributed by atoms with E-state index in [1.54, 1.807) is 6.92 Å².